The first-order valence-electron chi connectivity index (χ1n) is 10.3. The van der Waals surface area contributed by atoms with Gasteiger partial charge in [0.1, 0.15) is 0 Å². The van der Waals surface area contributed by atoms with Crippen LogP contribution < -0.4 is 0 Å². The van der Waals surface area contributed by atoms with Gasteiger partial charge in [0.2, 0.25) is 11.8 Å². The number of rotatable bonds is 8. The maximum atomic E-state index is 12.9. The van der Waals surface area contributed by atoms with Crippen LogP contribution in [0.4, 0.5) is 0 Å². The molecule has 31 heavy (non-hydrogen) atoms. The van der Waals surface area contributed by atoms with Gasteiger partial charge in [0, 0.05) is 26.2 Å². The number of hydrogen-bond acceptors (Lipinski definition) is 8. The first kappa shape index (κ1) is 21.7. The first-order valence-corrected chi connectivity index (χ1v) is 12.1. The van der Waals surface area contributed by atoms with E-state index in [-0.39, 0.29) is 11.8 Å². The van der Waals surface area contributed by atoms with Gasteiger partial charge in [-0.2, -0.15) is 0 Å². The molecule has 2 amide bonds. The molecule has 0 atom stereocenters. The lowest BCUT2D eigenvalue weighted by Gasteiger charge is -2.35. The van der Waals surface area contributed by atoms with E-state index in [9.17, 15) is 9.59 Å². The molecule has 0 aromatic carbocycles. The summed E-state index contributed by atoms with van der Waals surface area (Å²) in [7, 11) is 0. The molecule has 0 unspecified atom stereocenters. The van der Waals surface area contributed by atoms with Gasteiger partial charge < -0.3 is 14.2 Å². The summed E-state index contributed by atoms with van der Waals surface area (Å²) in [4.78, 5) is 32.8. The molecule has 0 spiro atoms. The molecule has 4 rings (SSSR count). The van der Waals surface area contributed by atoms with Gasteiger partial charge in [-0.1, -0.05) is 19.1 Å². The van der Waals surface area contributed by atoms with Gasteiger partial charge in [0.05, 0.1) is 22.8 Å². The van der Waals surface area contributed by atoms with Crippen molar-refractivity contribution in [3.8, 4) is 10.8 Å². The van der Waals surface area contributed by atoms with E-state index in [0.29, 0.717) is 51.0 Å². The van der Waals surface area contributed by atoms with Crippen LogP contribution in [-0.2, 0) is 11.3 Å². The lowest BCUT2D eigenvalue weighted by Crippen LogP contribution is -2.52. The Hall–Kier alpha value is -2.56. The van der Waals surface area contributed by atoms with Crippen molar-refractivity contribution in [3.63, 3.8) is 0 Å². The van der Waals surface area contributed by atoms with Gasteiger partial charge in [-0.15, -0.1) is 32.9 Å². The van der Waals surface area contributed by atoms with E-state index in [4.69, 9.17) is 4.42 Å². The molecule has 1 aliphatic rings. The molecular formula is C21H25N5O3S2. The second-order valence-electron chi connectivity index (χ2n) is 7.34. The van der Waals surface area contributed by atoms with Crippen LogP contribution in [0, 0.1) is 0 Å². The molecular weight excluding hydrogens is 434 g/mol. The molecule has 0 bridgehead atoms. The standard InChI is InChI=1S/C21H25N5O3S2/c1-2-7-24(14-18-22-23-20(29-18)16-5-3-12-30-16)15-19(27)25-8-10-26(11-9-25)21(28)17-6-4-13-31-17/h3-6,12-13H,2,7-11,14-15H2,1H3. The van der Waals surface area contributed by atoms with Crippen LogP contribution in [0.25, 0.3) is 10.8 Å². The van der Waals surface area contributed by atoms with Crippen LogP contribution >= 0.6 is 22.7 Å². The Morgan fingerprint density at radius 2 is 1.81 bits per heavy atom. The Kier molecular flexibility index (Phi) is 7.10. The van der Waals surface area contributed by atoms with Crippen LogP contribution in [0.1, 0.15) is 28.9 Å². The minimum Gasteiger partial charge on any atom is -0.419 e. The van der Waals surface area contributed by atoms with Crippen molar-refractivity contribution >= 4 is 34.5 Å². The number of amides is 2. The van der Waals surface area contributed by atoms with Gasteiger partial charge in [-0.25, -0.2) is 0 Å². The molecule has 0 aliphatic carbocycles. The number of piperazine rings is 1. The lowest BCUT2D eigenvalue weighted by molar-refractivity contribution is -0.134. The molecule has 0 N–H and O–H groups in total. The summed E-state index contributed by atoms with van der Waals surface area (Å²) in [6.07, 6.45) is 0.919. The fourth-order valence-electron chi connectivity index (χ4n) is 3.55. The monoisotopic (exact) mass is 459 g/mol. The highest BCUT2D eigenvalue weighted by atomic mass is 32.1. The van der Waals surface area contributed by atoms with Crippen molar-refractivity contribution in [1.29, 1.82) is 0 Å². The Bertz CT molecular complexity index is 979. The van der Waals surface area contributed by atoms with E-state index in [1.54, 1.807) is 11.3 Å². The summed E-state index contributed by atoms with van der Waals surface area (Å²) in [6.45, 7) is 5.81. The summed E-state index contributed by atoms with van der Waals surface area (Å²) in [5.41, 5.74) is 0. The number of thiophene rings is 2. The predicted octanol–water partition coefficient (Wildman–Crippen LogP) is 3.06. The van der Waals surface area contributed by atoms with Crippen molar-refractivity contribution in [2.24, 2.45) is 0 Å². The highest BCUT2D eigenvalue weighted by Crippen LogP contribution is 2.23. The topological polar surface area (TPSA) is 82.8 Å². The van der Waals surface area contributed by atoms with Crippen molar-refractivity contribution in [2.75, 3.05) is 39.3 Å². The zero-order valence-corrected chi connectivity index (χ0v) is 19.0. The fourth-order valence-corrected chi connectivity index (χ4v) is 4.88. The van der Waals surface area contributed by atoms with Gasteiger partial charge in [0.15, 0.2) is 0 Å². The molecule has 1 saturated heterocycles. The van der Waals surface area contributed by atoms with Crippen molar-refractivity contribution in [3.05, 3.63) is 45.8 Å². The Morgan fingerprint density at radius 3 is 2.48 bits per heavy atom. The summed E-state index contributed by atoms with van der Waals surface area (Å²) in [5, 5.41) is 12.1. The minimum atomic E-state index is 0.0487. The second kappa shape index (κ2) is 10.2. The van der Waals surface area contributed by atoms with E-state index in [2.05, 4.69) is 17.1 Å². The minimum absolute atomic E-state index is 0.0487. The first-order chi connectivity index (χ1) is 15.1. The molecule has 8 nitrogen and oxygen atoms in total. The summed E-state index contributed by atoms with van der Waals surface area (Å²) in [6, 6.07) is 7.61. The average Bonchev–Trinajstić information content (AvgIpc) is 3.56. The number of hydrogen-bond donors (Lipinski definition) is 0. The van der Waals surface area contributed by atoms with Crippen LogP contribution in [0.5, 0.6) is 0 Å². The second-order valence-corrected chi connectivity index (χ2v) is 9.23. The number of carbonyl (C=O) groups is 2. The zero-order valence-electron chi connectivity index (χ0n) is 17.4. The van der Waals surface area contributed by atoms with E-state index in [1.165, 1.54) is 11.3 Å². The van der Waals surface area contributed by atoms with Crippen LogP contribution in [-0.4, -0.2) is 76.0 Å². The van der Waals surface area contributed by atoms with Gasteiger partial charge in [-0.3, -0.25) is 14.5 Å². The Morgan fingerprint density at radius 1 is 1.06 bits per heavy atom. The van der Waals surface area contributed by atoms with Gasteiger partial charge >= 0.3 is 0 Å². The number of aromatic nitrogens is 2. The van der Waals surface area contributed by atoms with Gasteiger partial charge in [0.25, 0.3) is 11.8 Å². The van der Waals surface area contributed by atoms with E-state index >= 15 is 0 Å². The van der Waals surface area contributed by atoms with Crippen LogP contribution in [0.2, 0.25) is 0 Å². The molecule has 3 aromatic heterocycles. The summed E-state index contributed by atoms with van der Waals surface area (Å²) >= 11 is 3.00. The summed E-state index contributed by atoms with van der Waals surface area (Å²) < 4.78 is 5.79. The molecule has 1 aliphatic heterocycles. The Balaban J connectivity index is 1.30. The highest BCUT2D eigenvalue weighted by molar-refractivity contribution is 7.13. The zero-order chi connectivity index (χ0) is 21.6. The SMILES string of the molecule is CCCN(CC(=O)N1CCN(C(=O)c2cccs2)CC1)Cc1nnc(-c2cccs2)o1. The highest BCUT2D eigenvalue weighted by Gasteiger charge is 2.26. The van der Waals surface area contributed by atoms with Crippen molar-refractivity contribution in [1.82, 2.24) is 24.9 Å². The Labute approximate surface area is 189 Å². The van der Waals surface area contributed by atoms with E-state index in [1.807, 2.05) is 49.7 Å². The summed E-state index contributed by atoms with van der Waals surface area (Å²) in [5.74, 6) is 1.14. The van der Waals surface area contributed by atoms with E-state index in [0.717, 1.165) is 22.7 Å². The molecule has 1 fully saturated rings. The van der Waals surface area contributed by atoms with E-state index < -0.39 is 0 Å². The number of nitrogens with zero attached hydrogens (tertiary/aromatic N) is 5. The smallest absolute Gasteiger partial charge is 0.264 e. The average molecular weight is 460 g/mol. The molecule has 10 heteroatoms. The normalized spacial score (nSPS) is 14.4. The third-order valence-corrected chi connectivity index (χ3v) is 6.82. The third kappa shape index (κ3) is 5.38. The van der Waals surface area contributed by atoms with Crippen molar-refractivity contribution < 1.29 is 14.0 Å². The quantitative estimate of drug-likeness (QED) is 0.515. The fraction of sp³-hybridized carbons (Fsp3) is 0.429. The molecule has 3 aromatic rings. The number of carbonyl (C=O) groups excluding carboxylic acids is 2. The predicted molar refractivity (Wildman–Crippen MR) is 120 cm³/mol. The lowest BCUT2D eigenvalue weighted by atomic mass is 10.2. The third-order valence-electron chi connectivity index (χ3n) is 5.11. The molecule has 0 radical (unpaired) electrons. The maximum absolute atomic E-state index is 12.9. The maximum Gasteiger partial charge on any atom is 0.264 e. The molecule has 164 valence electrons. The molecule has 0 saturated carbocycles. The largest absolute Gasteiger partial charge is 0.419 e. The van der Waals surface area contributed by atoms with Crippen LogP contribution in [0.15, 0.2) is 39.4 Å². The molecule has 4 heterocycles. The van der Waals surface area contributed by atoms with Crippen molar-refractivity contribution in [2.45, 2.75) is 19.9 Å². The van der Waals surface area contributed by atoms with Crippen LogP contribution in [0.3, 0.4) is 0 Å². The van der Waals surface area contributed by atoms with Gasteiger partial charge in [-0.05, 0) is 35.9 Å².